The van der Waals surface area contributed by atoms with Crippen molar-refractivity contribution in [1.82, 2.24) is 0 Å². The van der Waals surface area contributed by atoms with Crippen LogP contribution in [0.15, 0.2) is 60.7 Å². The first-order chi connectivity index (χ1) is 15.9. The molecule has 0 radical (unpaired) electrons. The smallest absolute Gasteiger partial charge is 0.262 e. The van der Waals surface area contributed by atoms with Crippen molar-refractivity contribution in [3.05, 3.63) is 88.4 Å². The van der Waals surface area contributed by atoms with Crippen molar-refractivity contribution >= 4 is 34.8 Å². The van der Waals surface area contributed by atoms with Crippen LogP contribution in [0.2, 0.25) is 5.02 Å². The van der Waals surface area contributed by atoms with Crippen LogP contribution in [0.5, 0.6) is 11.5 Å². The number of nitrogens with zero attached hydrogens (tertiary/aromatic N) is 1. The Balaban J connectivity index is 1.82. The third-order valence-electron chi connectivity index (χ3n) is 4.40. The van der Waals surface area contributed by atoms with E-state index in [0.717, 1.165) is 0 Å². The third-order valence-corrected chi connectivity index (χ3v) is 4.68. The van der Waals surface area contributed by atoms with Crippen LogP contribution in [-0.4, -0.2) is 19.1 Å². The predicted molar refractivity (Wildman–Crippen MR) is 123 cm³/mol. The number of carbonyl (C=O) groups excluding carboxylic acids is 1. The monoisotopic (exact) mass is 468 g/mol. The van der Waals surface area contributed by atoms with Crippen molar-refractivity contribution in [3.8, 4) is 17.6 Å². The summed E-state index contributed by atoms with van der Waals surface area (Å²) in [5.74, 6) is -1.00. The molecule has 8 heteroatoms. The van der Waals surface area contributed by atoms with E-state index in [2.05, 4.69) is 5.32 Å². The summed E-state index contributed by atoms with van der Waals surface area (Å²) in [5, 5.41) is 12.2. The lowest BCUT2D eigenvalue weighted by molar-refractivity contribution is -0.118. The highest BCUT2D eigenvalue weighted by Gasteiger charge is 2.15. The van der Waals surface area contributed by atoms with Gasteiger partial charge in [0.15, 0.2) is 18.1 Å². The average Bonchev–Trinajstić information content (AvgIpc) is 2.79. The minimum Gasteiger partial charge on any atom is -0.490 e. The molecule has 3 aromatic rings. The Bertz CT molecular complexity index is 1220. The first kappa shape index (κ1) is 23.8. The molecule has 0 saturated heterocycles. The maximum Gasteiger partial charge on any atom is 0.262 e. The summed E-state index contributed by atoms with van der Waals surface area (Å²) in [6.07, 6.45) is 1.48. The number of benzene rings is 3. The summed E-state index contributed by atoms with van der Waals surface area (Å²) in [6, 6.07) is 16.4. The number of nitriles is 1. The Morgan fingerprint density at radius 2 is 1.85 bits per heavy atom. The highest BCUT2D eigenvalue weighted by Crippen LogP contribution is 2.38. The lowest BCUT2D eigenvalue weighted by Crippen LogP contribution is -2.20. The minimum atomic E-state index is -0.520. The van der Waals surface area contributed by atoms with Crippen molar-refractivity contribution in [1.29, 1.82) is 5.26 Å². The van der Waals surface area contributed by atoms with Gasteiger partial charge in [-0.1, -0.05) is 29.8 Å². The Morgan fingerprint density at radius 3 is 2.52 bits per heavy atom. The van der Waals surface area contributed by atoms with E-state index in [1.54, 1.807) is 19.1 Å². The fourth-order valence-corrected chi connectivity index (χ4v) is 3.23. The van der Waals surface area contributed by atoms with E-state index in [-0.39, 0.29) is 34.3 Å². The SMILES string of the molecule is CCOc1cc(C=C(C#N)c2ccccc2F)cc(Cl)c1OCC(=O)Nc1ccc(F)cc1. The van der Waals surface area contributed by atoms with Gasteiger partial charge in [-0.2, -0.15) is 5.26 Å². The van der Waals surface area contributed by atoms with E-state index < -0.39 is 17.5 Å². The van der Waals surface area contributed by atoms with Crippen LogP contribution >= 0.6 is 11.6 Å². The van der Waals surface area contributed by atoms with Gasteiger partial charge in [0, 0.05) is 11.3 Å². The molecular weight excluding hydrogens is 450 g/mol. The lowest BCUT2D eigenvalue weighted by atomic mass is 10.0. The molecule has 5 nitrogen and oxygen atoms in total. The van der Waals surface area contributed by atoms with Crippen LogP contribution in [0.1, 0.15) is 18.1 Å². The lowest BCUT2D eigenvalue weighted by Gasteiger charge is -2.15. The Labute approximate surface area is 194 Å². The molecule has 0 fully saturated rings. The molecule has 0 aromatic heterocycles. The van der Waals surface area contributed by atoms with Gasteiger partial charge >= 0.3 is 0 Å². The van der Waals surface area contributed by atoms with Gasteiger partial charge in [-0.05, 0) is 61.0 Å². The van der Waals surface area contributed by atoms with Crippen LogP contribution in [0.4, 0.5) is 14.5 Å². The van der Waals surface area contributed by atoms with Crippen LogP contribution < -0.4 is 14.8 Å². The van der Waals surface area contributed by atoms with E-state index in [9.17, 15) is 18.8 Å². The second kappa shape index (κ2) is 11.1. The Kier molecular flexibility index (Phi) is 8.01. The normalized spacial score (nSPS) is 10.9. The second-order valence-corrected chi connectivity index (χ2v) is 7.16. The summed E-state index contributed by atoms with van der Waals surface area (Å²) in [5.41, 5.74) is 1.18. The summed E-state index contributed by atoms with van der Waals surface area (Å²) >= 11 is 6.37. The standard InChI is InChI=1S/C25H19ClF2N2O3/c1-2-32-23-13-16(11-17(14-29)20-5-3-4-6-22(20)28)12-21(26)25(23)33-15-24(31)30-19-9-7-18(27)8-10-19/h3-13H,2,15H2,1H3,(H,30,31). The molecule has 1 N–H and O–H groups in total. The van der Waals surface area contributed by atoms with Gasteiger partial charge in [0.2, 0.25) is 0 Å². The van der Waals surface area contributed by atoms with E-state index in [1.165, 1.54) is 54.6 Å². The zero-order chi connectivity index (χ0) is 23.8. The van der Waals surface area contributed by atoms with E-state index in [1.807, 2.05) is 6.07 Å². The van der Waals surface area contributed by atoms with Crippen LogP contribution in [0.25, 0.3) is 11.6 Å². The third kappa shape index (κ3) is 6.31. The molecule has 0 aliphatic carbocycles. The number of rotatable bonds is 8. The number of hydrogen-bond donors (Lipinski definition) is 1. The van der Waals surface area contributed by atoms with Gasteiger partial charge in [-0.3, -0.25) is 4.79 Å². The number of allylic oxidation sites excluding steroid dienone is 1. The van der Waals surface area contributed by atoms with Gasteiger partial charge in [-0.25, -0.2) is 8.78 Å². The predicted octanol–water partition coefficient (Wildman–Crippen LogP) is 6.10. The van der Waals surface area contributed by atoms with Crippen molar-refractivity contribution in [2.45, 2.75) is 6.92 Å². The average molecular weight is 469 g/mol. The van der Waals surface area contributed by atoms with Crippen molar-refractivity contribution in [2.24, 2.45) is 0 Å². The van der Waals surface area contributed by atoms with Gasteiger partial charge in [0.05, 0.1) is 23.3 Å². The number of anilines is 1. The molecule has 0 aliphatic rings. The molecular formula is C25H19ClF2N2O3. The molecule has 168 valence electrons. The highest BCUT2D eigenvalue weighted by atomic mass is 35.5. The van der Waals surface area contributed by atoms with E-state index in [0.29, 0.717) is 17.9 Å². The molecule has 0 bridgehead atoms. The van der Waals surface area contributed by atoms with E-state index >= 15 is 0 Å². The van der Waals surface area contributed by atoms with Crippen LogP contribution in [0.3, 0.4) is 0 Å². The molecule has 0 saturated carbocycles. The largest absolute Gasteiger partial charge is 0.490 e. The summed E-state index contributed by atoms with van der Waals surface area (Å²) in [4.78, 5) is 12.2. The molecule has 0 spiro atoms. The van der Waals surface area contributed by atoms with Crippen molar-refractivity contribution in [2.75, 3.05) is 18.5 Å². The first-order valence-electron chi connectivity index (χ1n) is 9.92. The minimum absolute atomic E-state index is 0.110. The van der Waals surface area contributed by atoms with Gasteiger partial charge in [-0.15, -0.1) is 0 Å². The molecule has 0 atom stereocenters. The quantitative estimate of drug-likeness (QED) is 0.320. The fourth-order valence-electron chi connectivity index (χ4n) is 2.96. The summed E-state index contributed by atoms with van der Waals surface area (Å²) < 4.78 is 38.3. The number of ether oxygens (including phenoxy) is 2. The molecule has 33 heavy (non-hydrogen) atoms. The summed E-state index contributed by atoms with van der Waals surface area (Å²) in [7, 11) is 0. The number of halogens is 3. The number of nitrogens with one attached hydrogen (secondary N) is 1. The molecule has 0 heterocycles. The van der Waals surface area contributed by atoms with Gasteiger partial charge in [0.1, 0.15) is 11.6 Å². The number of carbonyl (C=O) groups is 1. The maximum absolute atomic E-state index is 14.1. The fraction of sp³-hybridized carbons (Fsp3) is 0.120. The van der Waals surface area contributed by atoms with Crippen LogP contribution in [0, 0.1) is 23.0 Å². The molecule has 1 amide bonds. The Hall–Kier alpha value is -3.89. The van der Waals surface area contributed by atoms with E-state index in [4.69, 9.17) is 21.1 Å². The zero-order valence-corrected chi connectivity index (χ0v) is 18.3. The number of hydrogen-bond acceptors (Lipinski definition) is 4. The van der Waals surface area contributed by atoms with Crippen LogP contribution in [-0.2, 0) is 4.79 Å². The molecule has 3 aromatic carbocycles. The first-order valence-corrected chi connectivity index (χ1v) is 10.3. The van der Waals surface area contributed by atoms with Crippen molar-refractivity contribution in [3.63, 3.8) is 0 Å². The van der Waals surface area contributed by atoms with Crippen molar-refractivity contribution < 1.29 is 23.0 Å². The van der Waals surface area contributed by atoms with Gasteiger partial charge in [0.25, 0.3) is 5.91 Å². The molecule has 0 unspecified atom stereocenters. The van der Waals surface area contributed by atoms with Gasteiger partial charge < -0.3 is 14.8 Å². The maximum atomic E-state index is 14.1. The second-order valence-electron chi connectivity index (χ2n) is 6.76. The zero-order valence-electron chi connectivity index (χ0n) is 17.6. The summed E-state index contributed by atoms with van der Waals surface area (Å²) in [6.45, 7) is 1.69. The molecule has 0 aliphatic heterocycles. The topological polar surface area (TPSA) is 71.3 Å². The Morgan fingerprint density at radius 1 is 1.12 bits per heavy atom. The number of amides is 1. The highest BCUT2D eigenvalue weighted by molar-refractivity contribution is 6.32. The molecule has 3 rings (SSSR count).